The molecular formula is C27H31N3O4. The molecule has 7 heteroatoms. The number of benzene rings is 2. The Morgan fingerprint density at radius 2 is 1.74 bits per heavy atom. The standard InChI is InChI=1S/C27H31N3O4/c1-4-22(31)17-10-12-21-20(14-17)25(27(32)28-21)26(18-11-13-23-24(15-18)34-16-33-23)30(29(2)3)19-8-6-5-7-9-19/h10-15,19H,4-9,16H2,1-3H3,(H,28,32)/b26-25-. The summed E-state index contributed by atoms with van der Waals surface area (Å²) in [5.41, 5.74) is 4.41. The molecule has 0 saturated heterocycles. The second-order valence-electron chi connectivity index (χ2n) is 9.27. The lowest BCUT2D eigenvalue weighted by Gasteiger charge is -2.42. The summed E-state index contributed by atoms with van der Waals surface area (Å²) in [5.74, 6) is 1.27. The minimum Gasteiger partial charge on any atom is -0.454 e. The Morgan fingerprint density at radius 3 is 2.47 bits per heavy atom. The molecule has 178 valence electrons. The maximum Gasteiger partial charge on any atom is 0.258 e. The van der Waals surface area contributed by atoms with Gasteiger partial charge >= 0.3 is 0 Å². The Balaban J connectivity index is 1.74. The summed E-state index contributed by atoms with van der Waals surface area (Å²) in [5, 5.41) is 7.36. The van der Waals surface area contributed by atoms with Crippen molar-refractivity contribution in [3.8, 4) is 11.5 Å². The van der Waals surface area contributed by atoms with Crippen LogP contribution in [0.3, 0.4) is 0 Å². The predicted molar refractivity (Wildman–Crippen MR) is 131 cm³/mol. The largest absolute Gasteiger partial charge is 0.454 e. The van der Waals surface area contributed by atoms with Gasteiger partial charge in [-0.25, -0.2) is 5.01 Å². The third-order valence-corrected chi connectivity index (χ3v) is 6.87. The van der Waals surface area contributed by atoms with Crippen molar-refractivity contribution in [1.29, 1.82) is 0 Å². The molecule has 2 aliphatic heterocycles. The van der Waals surface area contributed by atoms with Crippen LogP contribution in [0.5, 0.6) is 11.5 Å². The van der Waals surface area contributed by atoms with E-state index in [1.165, 1.54) is 6.42 Å². The fourth-order valence-electron chi connectivity index (χ4n) is 5.25. The highest BCUT2D eigenvalue weighted by Crippen LogP contribution is 2.43. The summed E-state index contributed by atoms with van der Waals surface area (Å²) in [7, 11) is 4.04. The Morgan fingerprint density at radius 1 is 1.00 bits per heavy atom. The molecule has 1 N–H and O–H groups in total. The van der Waals surface area contributed by atoms with Crippen LogP contribution in [0.2, 0.25) is 0 Å². The molecule has 0 aromatic heterocycles. The molecule has 2 aromatic rings. The quantitative estimate of drug-likeness (QED) is 0.373. The minimum absolute atomic E-state index is 0.0582. The number of ether oxygens (including phenoxy) is 2. The van der Waals surface area contributed by atoms with Crippen molar-refractivity contribution < 1.29 is 19.1 Å². The van der Waals surface area contributed by atoms with E-state index in [4.69, 9.17) is 9.47 Å². The van der Waals surface area contributed by atoms with Crippen LogP contribution in [0.25, 0.3) is 11.3 Å². The van der Waals surface area contributed by atoms with Gasteiger partial charge in [-0.3, -0.25) is 9.59 Å². The van der Waals surface area contributed by atoms with Gasteiger partial charge < -0.3 is 19.8 Å². The summed E-state index contributed by atoms with van der Waals surface area (Å²) in [6.07, 6.45) is 6.09. The fourth-order valence-corrected chi connectivity index (χ4v) is 5.25. The number of hydrogen-bond donors (Lipinski definition) is 1. The first-order valence-electron chi connectivity index (χ1n) is 12.1. The summed E-state index contributed by atoms with van der Waals surface area (Å²) in [6, 6.07) is 11.6. The third-order valence-electron chi connectivity index (χ3n) is 6.87. The summed E-state index contributed by atoms with van der Waals surface area (Å²) in [6.45, 7) is 2.04. The van der Waals surface area contributed by atoms with E-state index in [1.54, 1.807) is 6.07 Å². The first kappa shape index (κ1) is 22.5. The zero-order valence-corrected chi connectivity index (χ0v) is 20.0. The van der Waals surface area contributed by atoms with Crippen molar-refractivity contribution in [1.82, 2.24) is 10.0 Å². The second kappa shape index (κ2) is 9.14. The molecule has 1 aliphatic carbocycles. The zero-order valence-electron chi connectivity index (χ0n) is 20.0. The lowest BCUT2D eigenvalue weighted by Crippen LogP contribution is -2.45. The number of rotatable bonds is 6. The third kappa shape index (κ3) is 3.94. The number of nitrogens with one attached hydrogen (secondary N) is 1. The highest BCUT2D eigenvalue weighted by molar-refractivity contribution is 6.36. The first-order chi connectivity index (χ1) is 16.5. The number of anilines is 1. The number of carbonyl (C=O) groups is 2. The molecule has 1 amide bonds. The Kier molecular flexibility index (Phi) is 6.04. The van der Waals surface area contributed by atoms with Gasteiger partial charge in [0.2, 0.25) is 6.79 Å². The number of Topliss-reactive ketones (excluding diaryl/α,β-unsaturated/α-hetero) is 1. The van der Waals surface area contributed by atoms with Gasteiger partial charge in [0.15, 0.2) is 17.3 Å². The fraction of sp³-hybridized carbons (Fsp3) is 0.407. The van der Waals surface area contributed by atoms with Crippen molar-refractivity contribution in [2.75, 3.05) is 26.2 Å². The van der Waals surface area contributed by atoms with Gasteiger partial charge in [0.25, 0.3) is 5.91 Å². The highest BCUT2D eigenvalue weighted by Gasteiger charge is 2.35. The Bertz CT molecular complexity index is 1160. The van der Waals surface area contributed by atoms with E-state index >= 15 is 0 Å². The number of carbonyl (C=O) groups excluding carboxylic acids is 2. The molecule has 0 unspecified atom stereocenters. The molecule has 0 radical (unpaired) electrons. The monoisotopic (exact) mass is 461 g/mol. The smallest absolute Gasteiger partial charge is 0.258 e. The molecule has 5 rings (SSSR count). The summed E-state index contributed by atoms with van der Waals surface area (Å²) < 4.78 is 11.2. The molecule has 34 heavy (non-hydrogen) atoms. The SMILES string of the molecule is CCC(=O)c1ccc2c(c1)/C(=C(\c1ccc3c(c1)OCO3)N(C1CCCCC1)N(C)C)C(=O)N2. The van der Waals surface area contributed by atoms with Gasteiger partial charge in [0.1, 0.15) is 0 Å². The van der Waals surface area contributed by atoms with Crippen LogP contribution in [0, 0.1) is 0 Å². The van der Waals surface area contributed by atoms with Gasteiger partial charge in [-0.15, -0.1) is 0 Å². The van der Waals surface area contributed by atoms with Crippen molar-refractivity contribution in [2.45, 2.75) is 51.5 Å². The average Bonchev–Trinajstić information content (AvgIpc) is 3.44. The molecular weight excluding hydrogens is 430 g/mol. The van der Waals surface area contributed by atoms with Gasteiger partial charge in [0.05, 0.1) is 11.3 Å². The van der Waals surface area contributed by atoms with Crippen molar-refractivity contribution in [3.63, 3.8) is 0 Å². The summed E-state index contributed by atoms with van der Waals surface area (Å²) >= 11 is 0. The lowest BCUT2D eigenvalue weighted by molar-refractivity contribution is -0.110. The first-order valence-corrected chi connectivity index (χ1v) is 12.1. The summed E-state index contributed by atoms with van der Waals surface area (Å²) in [4.78, 5) is 26.0. The van der Waals surface area contributed by atoms with Crippen LogP contribution in [-0.4, -0.2) is 48.6 Å². The maximum absolute atomic E-state index is 13.5. The number of hydrazine groups is 1. The number of amides is 1. The van der Waals surface area contributed by atoms with E-state index < -0.39 is 0 Å². The number of nitrogens with zero attached hydrogens (tertiary/aromatic N) is 2. The van der Waals surface area contributed by atoms with E-state index in [2.05, 4.69) is 15.3 Å². The number of fused-ring (bicyclic) bond motifs is 2. The van der Waals surface area contributed by atoms with E-state index in [0.717, 1.165) is 48.2 Å². The van der Waals surface area contributed by atoms with Crippen LogP contribution >= 0.6 is 0 Å². The second-order valence-corrected chi connectivity index (χ2v) is 9.27. The normalized spacial score (nSPS) is 18.6. The van der Waals surface area contributed by atoms with E-state index in [9.17, 15) is 9.59 Å². The molecule has 0 spiro atoms. The van der Waals surface area contributed by atoms with Crippen LogP contribution in [0.4, 0.5) is 5.69 Å². The highest BCUT2D eigenvalue weighted by atomic mass is 16.7. The average molecular weight is 462 g/mol. The van der Waals surface area contributed by atoms with Crippen molar-refractivity contribution >= 4 is 28.6 Å². The molecule has 2 heterocycles. The van der Waals surface area contributed by atoms with E-state index in [-0.39, 0.29) is 24.5 Å². The molecule has 2 aromatic carbocycles. The van der Waals surface area contributed by atoms with E-state index in [1.807, 2.05) is 51.4 Å². The van der Waals surface area contributed by atoms with Gasteiger partial charge in [-0.05, 0) is 49.2 Å². The van der Waals surface area contributed by atoms with Crippen molar-refractivity contribution in [2.24, 2.45) is 0 Å². The maximum atomic E-state index is 13.5. The van der Waals surface area contributed by atoms with Crippen LogP contribution in [0.15, 0.2) is 36.4 Å². The lowest BCUT2D eigenvalue weighted by atomic mass is 9.92. The van der Waals surface area contributed by atoms with Gasteiger partial charge in [0, 0.05) is 48.9 Å². The van der Waals surface area contributed by atoms with Crippen LogP contribution in [-0.2, 0) is 4.79 Å². The number of hydrogen-bond acceptors (Lipinski definition) is 6. The van der Waals surface area contributed by atoms with Crippen molar-refractivity contribution in [3.05, 3.63) is 53.1 Å². The van der Waals surface area contributed by atoms with Crippen LogP contribution in [0.1, 0.15) is 66.9 Å². The molecule has 1 fully saturated rings. The molecule has 0 bridgehead atoms. The zero-order chi connectivity index (χ0) is 23.8. The molecule has 7 nitrogen and oxygen atoms in total. The molecule has 1 saturated carbocycles. The Labute approximate surface area is 200 Å². The van der Waals surface area contributed by atoms with E-state index in [0.29, 0.717) is 29.1 Å². The minimum atomic E-state index is -0.161. The molecule has 3 aliphatic rings. The molecule has 0 atom stereocenters. The Hall–Kier alpha value is -3.32. The van der Waals surface area contributed by atoms with Gasteiger partial charge in [-0.2, -0.15) is 0 Å². The predicted octanol–water partition coefficient (Wildman–Crippen LogP) is 4.94. The topological polar surface area (TPSA) is 71.1 Å². The number of ketones is 1. The van der Waals surface area contributed by atoms with Crippen LogP contribution < -0.4 is 14.8 Å². The van der Waals surface area contributed by atoms with Gasteiger partial charge in [-0.1, -0.05) is 26.2 Å².